The molecule has 0 bridgehead atoms. The number of carboxylic acid groups (broad SMARTS) is 1. The van der Waals surface area contributed by atoms with Gasteiger partial charge in [-0.05, 0) is 27.2 Å². The standard InChI is InChI=1S/C14H24N4O4/c1-6-10(12(19)20)15-7-9-8-16-18(5)11(9)17-13(21)22-14(2,3)4/h8,10,15H,6-7H2,1-5H3,(H,17,21)(H,19,20). The van der Waals surface area contributed by atoms with Gasteiger partial charge in [-0.25, -0.2) is 4.79 Å². The first-order valence-electron chi connectivity index (χ1n) is 7.11. The van der Waals surface area contributed by atoms with Crippen LogP contribution in [0.25, 0.3) is 0 Å². The molecule has 0 saturated heterocycles. The smallest absolute Gasteiger partial charge is 0.413 e. The van der Waals surface area contributed by atoms with Crippen molar-refractivity contribution in [1.29, 1.82) is 0 Å². The molecule has 8 nitrogen and oxygen atoms in total. The zero-order valence-corrected chi connectivity index (χ0v) is 13.6. The van der Waals surface area contributed by atoms with Gasteiger partial charge in [0.15, 0.2) is 0 Å². The Kier molecular flexibility index (Phi) is 5.92. The van der Waals surface area contributed by atoms with Gasteiger partial charge in [0.25, 0.3) is 0 Å². The maximum atomic E-state index is 11.8. The molecule has 0 fully saturated rings. The lowest BCUT2D eigenvalue weighted by atomic mass is 10.2. The van der Waals surface area contributed by atoms with E-state index in [2.05, 4.69) is 15.7 Å². The number of nitrogens with one attached hydrogen (secondary N) is 2. The fraction of sp³-hybridized carbons (Fsp3) is 0.643. The molecule has 1 aromatic heterocycles. The Bertz CT molecular complexity index is 533. The summed E-state index contributed by atoms with van der Waals surface area (Å²) in [5.41, 5.74) is 0.0885. The lowest BCUT2D eigenvalue weighted by Gasteiger charge is -2.20. The lowest BCUT2D eigenvalue weighted by molar-refractivity contribution is -0.139. The van der Waals surface area contributed by atoms with Gasteiger partial charge in [-0.2, -0.15) is 5.10 Å². The number of nitrogens with zero attached hydrogens (tertiary/aromatic N) is 2. The number of hydrogen-bond donors (Lipinski definition) is 3. The summed E-state index contributed by atoms with van der Waals surface area (Å²) in [6.45, 7) is 7.39. The summed E-state index contributed by atoms with van der Waals surface area (Å²) in [4.78, 5) is 22.8. The summed E-state index contributed by atoms with van der Waals surface area (Å²) in [5, 5.41) is 18.7. The highest BCUT2D eigenvalue weighted by atomic mass is 16.6. The van der Waals surface area contributed by atoms with Crippen LogP contribution in [-0.4, -0.2) is 38.6 Å². The summed E-state index contributed by atoms with van der Waals surface area (Å²) >= 11 is 0. The van der Waals surface area contributed by atoms with E-state index in [4.69, 9.17) is 9.84 Å². The van der Waals surface area contributed by atoms with E-state index in [9.17, 15) is 9.59 Å². The molecule has 22 heavy (non-hydrogen) atoms. The van der Waals surface area contributed by atoms with Crippen LogP contribution in [0, 0.1) is 0 Å². The van der Waals surface area contributed by atoms with Crippen molar-refractivity contribution in [3.05, 3.63) is 11.8 Å². The van der Waals surface area contributed by atoms with Crippen LogP contribution >= 0.6 is 0 Å². The predicted molar refractivity (Wildman–Crippen MR) is 81.6 cm³/mol. The second-order valence-corrected chi connectivity index (χ2v) is 5.95. The van der Waals surface area contributed by atoms with Crippen molar-refractivity contribution in [1.82, 2.24) is 15.1 Å². The Morgan fingerprint density at radius 2 is 2.09 bits per heavy atom. The molecule has 1 atom stereocenters. The van der Waals surface area contributed by atoms with Gasteiger partial charge in [-0.1, -0.05) is 6.92 Å². The summed E-state index contributed by atoms with van der Waals surface area (Å²) < 4.78 is 6.70. The highest BCUT2D eigenvalue weighted by molar-refractivity contribution is 5.84. The van der Waals surface area contributed by atoms with Crippen LogP contribution in [0.5, 0.6) is 0 Å². The van der Waals surface area contributed by atoms with Crippen molar-refractivity contribution in [3.63, 3.8) is 0 Å². The number of anilines is 1. The first-order valence-corrected chi connectivity index (χ1v) is 7.11. The summed E-state index contributed by atoms with van der Waals surface area (Å²) in [5.74, 6) is -0.435. The average Bonchev–Trinajstić information content (AvgIpc) is 2.69. The van der Waals surface area contributed by atoms with E-state index < -0.39 is 23.7 Å². The largest absolute Gasteiger partial charge is 0.480 e. The third kappa shape index (κ3) is 5.36. The van der Waals surface area contributed by atoms with E-state index in [-0.39, 0.29) is 6.54 Å². The molecule has 1 heterocycles. The number of aromatic nitrogens is 2. The zero-order chi connectivity index (χ0) is 16.9. The van der Waals surface area contributed by atoms with Crippen molar-refractivity contribution in [2.24, 2.45) is 7.05 Å². The molecule has 0 aromatic carbocycles. The summed E-state index contributed by atoms with van der Waals surface area (Å²) in [6.07, 6.45) is 1.46. The fourth-order valence-electron chi connectivity index (χ4n) is 1.81. The Labute approximate surface area is 129 Å². The minimum absolute atomic E-state index is 0.282. The Morgan fingerprint density at radius 3 is 2.59 bits per heavy atom. The molecule has 8 heteroatoms. The molecule has 0 aliphatic carbocycles. The van der Waals surface area contributed by atoms with Gasteiger partial charge < -0.3 is 15.2 Å². The van der Waals surface area contributed by atoms with Crippen LogP contribution in [0.1, 0.15) is 39.7 Å². The molecule has 0 aliphatic heterocycles. The second kappa shape index (κ2) is 7.26. The molecule has 0 saturated carbocycles. The lowest BCUT2D eigenvalue weighted by Crippen LogP contribution is -2.35. The molecule has 0 radical (unpaired) electrons. The van der Waals surface area contributed by atoms with Gasteiger partial charge in [-0.15, -0.1) is 0 Å². The van der Waals surface area contributed by atoms with E-state index in [1.165, 1.54) is 4.68 Å². The molecule has 1 unspecified atom stereocenters. The van der Waals surface area contributed by atoms with E-state index in [1.54, 1.807) is 40.9 Å². The number of hydrogen-bond acceptors (Lipinski definition) is 5. The van der Waals surface area contributed by atoms with Crippen LogP contribution in [0.15, 0.2) is 6.20 Å². The molecule has 0 aliphatic rings. The number of carboxylic acids is 1. The first kappa shape index (κ1) is 18.0. The van der Waals surface area contributed by atoms with E-state index in [0.29, 0.717) is 17.8 Å². The predicted octanol–water partition coefficient (Wildman–Crippen LogP) is 1.72. The van der Waals surface area contributed by atoms with Crippen molar-refractivity contribution in [3.8, 4) is 0 Å². The molecule has 1 aromatic rings. The molecule has 1 amide bonds. The molecular weight excluding hydrogens is 288 g/mol. The number of carbonyl (C=O) groups is 2. The van der Waals surface area contributed by atoms with Gasteiger partial charge in [0.2, 0.25) is 0 Å². The molecule has 0 spiro atoms. The quantitative estimate of drug-likeness (QED) is 0.738. The van der Waals surface area contributed by atoms with Gasteiger partial charge in [-0.3, -0.25) is 14.8 Å². The second-order valence-electron chi connectivity index (χ2n) is 5.95. The topological polar surface area (TPSA) is 105 Å². The van der Waals surface area contributed by atoms with Crippen molar-refractivity contribution < 1.29 is 19.4 Å². The average molecular weight is 312 g/mol. The maximum absolute atomic E-state index is 11.8. The molecular formula is C14H24N4O4. The molecule has 3 N–H and O–H groups in total. The highest BCUT2D eigenvalue weighted by Crippen LogP contribution is 2.16. The monoisotopic (exact) mass is 312 g/mol. The summed E-state index contributed by atoms with van der Waals surface area (Å²) in [7, 11) is 1.69. The van der Waals surface area contributed by atoms with Crippen LogP contribution in [0.2, 0.25) is 0 Å². The number of aryl methyl sites for hydroxylation is 1. The maximum Gasteiger partial charge on any atom is 0.413 e. The van der Waals surface area contributed by atoms with Gasteiger partial charge in [0.1, 0.15) is 17.5 Å². The van der Waals surface area contributed by atoms with Gasteiger partial charge in [0.05, 0.1) is 6.20 Å². The SMILES string of the molecule is CCC(NCc1cnn(C)c1NC(=O)OC(C)(C)C)C(=O)O. The van der Waals surface area contributed by atoms with Gasteiger partial charge >= 0.3 is 12.1 Å². The molecule has 124 valence electrons. The summed E-state index contributed by atoms with van der Waals surface area (Å²) in [6, 6.07) is -0.644. The number of carbonyl (C=O) groups excluding carboxylic acids is 1. The van der Waals surface area contributed by atoms with Crippen LogP contribution < -0.4 is 10.6 Å². The number of rotatable bonds is 6. The fourth-order valence-corrected chi connectivity index (χ4v) is 1.81. The third-order valence-corrected chi connectivity index (χ3v) is 2.88. The Balaban J connectivity index is 2.75. The van der Waals surface area contributed by atoms with Crippen LogP contribution in [-0.2, 0) is 23.1 Å². The van der Waals surface area contributed by atoms with E-state index in [0.717, 1.165) is 0 Å². The highest BCUT2D eigenvalue weighted by Gasteiger charge is 2.20. The zero-order valence-electron chi connectivity index (χ0n) is 13.6. The van der Waals surface area contributed by atoms with Crippen LogP contribution in [0.3, 0.4) is 0 Å². The van der Waals surface area contributed by atoms with Crippen molar-refractivity contribution in [2.75, 3.05) is 5.32 Å². The minimum Gasteiger partial charge on any atom is -0.480 e. The van der Waals surface area contributed by atoms with E-state index >= 15 is 0 Å². The number of amides is 1. The number of ether oxygens (including phenoxy) is 1. The minimum atomic E-state index is -0.909. The molecule has 1 rings (SSSR count). The Hall–Kier alpha value is -2.09. The van der Waals surface area contributed by atoms with Crippen LogP contribution in [0.4, 0.5) is 10.6 Å². The number of aliphatic carboxylic acids is 1. The third-order valence-electron chi connectivity index (χ3n) is 2.88. The van der Waals surface area contributed by atoms with Crippen molar-refractivity contribution >= 4 is 17.9 Å². The Morgan fingerprint density at radius 1 is 1.45 bits per heavy atom. The normalized spacial score (nSPS) is 12.8. The first-order chi connectivity index (χ1) is 10.1. The van der Waals surface area contributed by atoms with E-state index in [1.807, 2.05) is 0 Å². The van der Waals surface area contributed by atoms with Crippen molar-refractivity contribution in [2.45, 2.75) is 52.3 Å². The van der Waals surface area contributed by atoms with Gasteiger partial charge in [0, 0.05) is 19.2 Å².